The molecule has 12 heteroatoms. The number of aryl methyl sites for hydroxylation is 2. The zero-order chi connectivity index (χ0) is 26.9. The zero-order valence-corrected chi connectivity index (χ0v) is 22.9. The summed E-state index contributed by atoms with van der Waals surface area (Å²) in [6.45, 7) is 5.03. The number of benzene rings is 1. The second kappa shape index (κ2) is 10.8. The summed E-state index contributed by atoms with van der Waals surface area (Å²) in [6, 6.07) is 6.67. The van der Waals surface area contributed by atoms with E-state index in [1.54, 1.807) is 28.9 Å². The fraction of sp³-hybridized carbons (Fsp3) is 0.462. The number of anilines is 2. The molecule has 1 aliphatic carbocycles. The van der Waals surface area contributed by atoms with E-state index in [1.807, 2.05) is 27.2 Å². The van der Waals surface area contributed by atoms with Gasteiger partial charge in [0.25, 0.3) is 5.91 Å². The molecule has 5 rings (SSSR count). The lowest BCUT2D eigenvalue weighted by Crippen LogP contribution is -2.46. The van der Waals surface area contributed by atoms with Gasteiger partial charge in [0, 0.05) is 57.2 Å². The van der Waals surface area contributed by atoms with E-state index in [0.717, 1.165) is 61.3 Å². The molecule has 0 bridgehead atoms. The monoisotopic (exact) mass is 538 g/mol. The molecule has 1 aliphatic heterocycles. The quantitative estimate of drug-likeness (QED) is 0.469. The smallest absolute Gasteiger partial charge is 0.272 e. The Balaban J connectivity index is 1.39. The Morgan fingerprint density at radius 3 is 2.50 bits per heavy atom. The largest absolute Gasteiger partial charge is 0.351 e. The van der Waals surface area contributed by atoms with Crippen molar-refractivity contribution in [3.8, 4) is 11.4 Å². The molecule has 2 aliphatic rings. The Kier molecular flexibility index (Phi) is 7.46. The van der Waals surface area contributed by atoms with Crippen molar-refractivity contribution in [2.45, 2.75) is 37.5 Å². The van der Waals surface area contributed by atoms with Crippen LogP contribution in [0.4, 0.5) is 11.6 Å². The SMILES string of the molecule is CCCNC(=O)c1nn(C)c2c1CCCc1cnc(Nc3ccc(S(=O)(=O)N4CCN(C)CC4)cc3)nc1-2. The molecule has 2 aromatic heterocycles. The number of hydrogen-bond donors (Lipinski definition) is 2. The second-order valence-electron chi connectivity index (χ2n) is 9.83. The van der Waals surface area contributed by atoms with E-state index in [2.05, 4.69) is 25.6 Å². The van der Waals surface area contributed by atoms with Gasteiger partial charge in [0.15, 0.2) is 5.69 Å². The number of likely N-dealkylation sites (N-methyl/N-ethyl adjacent to an activating group) is 1. The summed E-state index contributed by atoms with van der Waals surface area (Å²) >= 11 is 0. The minimum atomic E-state index is -3.53. The highest BCUT2D eigenvalue weighted by molar-refractivity contribution is 7.89. The first-order valence-electron chi connectivity index (χ1n) is 13.0. The maximum Gasteiger partial charge on any atom is 0.272 e. The molecule has 3 aromatic rings. The first kappa shape index (κ1) is 26.3. The number of nitrogens with zero attached hydrogens (tertiary/aromatic N) is 6. The van der Waals surface area contributed by atoms with Crippen molar-refractivity contribution >= 4 is 27.6 Å². The van der Waals surface area contributed by atoms with E-state index in [4.69, 9.17) is 4.98 Å². The van der Waals surface area contributed by atoms with Crippen molar-refractivity contribution in [2.75, 3.05) is 45.1 Å². The first-order valence-corrected chi connectivity index (χ1v) is 14.5. The summed E-state index contributed by atoms with van der Waals surface area (Å²) in [7, 11) is 0.291. The first-order chi connectivity index (χ1) is 18.3. The molecule has 0 radical (unpaired) electrons. The van der Waals surface area contributed by atoms with Crippen LogP contribution < -0.4 is 10.6 Å². The number of rotatable bonds is 7. The van der Waals surface area contributed by atoms with Crippen molar-refractivity contribution in [3.05, 3.63) is 47.3 Å². The number of carbonyl (C=O) groups is 1. The van der Waals surface area contributed by atoms with Crippen LogP contribution in [0.5, 0.6) is 0 Å². The number of aromatic nitrogens is 4. The average Bonchev–Trinajstić information content (AvgIpc) is 3.12. The van der Waals surface area contributed by atoms with Crippen LogP contribution >= 0.6 is 0 Å². The number of carbonyl (C=O) groups excluding carboxylic acids is 1. The predicted molar refractivity (Wildman–Crippen MR) is 145 cm³/mol. The van der Waals surface area contributed by atoms with Gasteiger partial charge in [-0.05, 0) is 62.6 Å². The molecule has 11 nitrogen and oxygen atoms in total. The Labute approximate surface area is 223 Å². The second-order valence-corrected chi connectivity index (χ2v) is 11.8. The average molecular weight is 539 g/mol. The highest BCUT2D eigenvalue weighted by Gasteiger charge is 2.29. The van der Waals surface area contributed by atoms with Crippen molar-refractivity contribution in [1.29, 1.82) is 0 Å². The van der Waals surface area contributed by atoms with Crippen LogP contribution in [0.2, 0.25) is 0 Å². The fourth-order valence-electron chi connectivity index (χ4n) is 4.93. The van der Waals surface area contributed by atoms with Crippen molar-refractivity contribution in [2.24, 2.45) is 7.05 Å². The van der Waals surface area contributed by atoms with Crippen molar-refractivity contribution in [1.82, 2.24) is 34.3 Å². The van der Waals surface area contributed by atoms with Gasteiger partial charge >= 0.3 is 0 Å². The lowest BCUT2D eigenvalue weighted by atomic mass is 10.1. The van der Waals surface area contributed by atoms with E-state index >= 15 is 0 Å². The van der Waals surface area contributed by atoms with Crippen LogP contribution in [-0.4, -0.2) is 83.0 Å². The summed E-state index contributed by atoms with van der Waals surface area (Å²) in [5.41, 5.74) is 4.64. The lowest BCUT2D eigenvalue weighted by molar-refractivity contribution is 0.0947. The topological polar surface area (TPSA) is 125 Å². The number of piperazine rings is 1. The van der Waals surface area contributed by atoms with Crippen LogP contribution in [-0.2, 0) is 29.9 Å². The molecule has 2 N–H and O–H groups in total. The van der Waals surface area contributed by atoms with E-state index < -0.39 is 10.0 Å². The number of sulfonamides is 1. The van der Waals surface area contributed by atoms with E-state index in [9.17, 15) is 13.2 Å². The summed E-state index contributed by atoms with van der Waals surface area (Å²) in [5.74, 6) is 0.232. The molecule has 3 heterocycles. The zero-order valence-electron chi connectivity index (χ0n) is 22.1. The Morgan fingerprint density at radius 2 is 1.79 bits per heavy atom. The minimum absolute atomic E-state index is 0.161. The van der Waals surface area contributed by atoms with Gasteiger partial charge in [0.05, 0.1) is 16.3 Å². The van der Waals surface area contributed by atoms with Crippen LogP contribution in [0.15, 0.2) is 35.4 Å². The van der Waals surface area contributed by atoms with Crippen molar-refractivity contribution in [3.63, 3.8) is 0 Å². The molecule has 0 spiro atoms. The number of nitrogens with one attached hydrogen (secondary N) is 2. The third-order valence-electron chi connectivity index (χ3n) is 7.07. The van der Waals surface area contributed by atoms with Gasteiger partial charge in [-0.2, -0.15) is 9.40 Å². The Morgan fingerprint density at radius 1 is 1.05 bits per heavy atom. The molecular formula is C26H34N8O3S. The number of amides is 1. The molecule has 1 aromatic carbocycles. The fourth-order valence-corrected chi connectivity index (χ4v) is 6.36. The van der Waals surface area contributed by atoms with Crippen LogP contribution in [0.1, 0.15) is 41.4 Å². The molecule has 1 amide bonds. The van der Waals surface area contributed by atoms with Gasteiger partial charge in [0.2, 0.25) is 16.0 Å². The maximum atomic E-state index is 13.0. The van der Waals surface area contributed by atoms with Crippen LogP contribution in [0, 0.1) is 0 Å². The van der Waals surface area contributed by atoms with Gasteiger partial charge < -0.3 is 15.5 Å². The molecule has 38 heavy (non-hydrogen) atoms. The number of fused-ring (bicyclic) bond motifs is 3. The van der Waals surface area contributed by atoms with E-state index in [1.165, 1.54) is 4.31 Å². The van der Waals surface area contributed by atoms with Gasteiger partial charge in [-0.1, -0.05) is 6.92 Å². The third-order valence-corrected chi connectivity index (χ3v) is 8.98. The highest BCUT2D eigenvalue weighted by atomic mass is 32.2. The summed E-state index contributed by atoms with van der Waals surface area (Å²) in [6.07, 6.45) is 5.09. The minimum Gasteiger partial charge on any atom is -0.351 e. The summed E-state index contributed by atoms with van der Waals surface area (Å²) in [5, 5.41) is 10.7. The molecular weight excluding hydrogens is 504 g/mol. The third kappa shape index (κ3) is 5.16. The standard InChI is InChI=1S/C26H34N8O3S/c1-4-12-27-25(35)23-21-7-5-6-18-17-28-26(30-22(18)24(21)33(3)31-23)29-19-8-10-20(11-9-19)38(36,37)34-15-13-32(2)14-16-34/h8-11,17H,4-7,12-16H2,1-3H3,(H,27,35)(H,28,29,30). The molecule has 0 saturated carbocycles. The van der Waals surface area contributed by atoms with E-state index in [-0.39, 0.29) is 10.8 Å². The highest BCUT2D eigenvalue weighted by Crippen LogP contribution is 2.33. The van der Waals surface area contributed by atoms with Crippen molar-refractivity contribution < 1.29 is 13.2 Å². The molecule has 0 unspecified atom stereocenters. The van der Waals surface area contributed by atoms with Gasteiger partial charge in [0.1, 0.15) is 0 Å². The van der Waals surface area contributed by atoms with Gasteiger partial charge in [-0.3, -0.25) is 9.48 Å². The molecule has 0 atom stereocenters. The van der Waals surface area contributed by atoms with Gasteiger partial charge in [-0.25, -0.2) is 18.4 Å². The number of hydrogen-bond acceptors (Lipinski definition) is 8. The predicted octanol–water partition coefficient (Wildman–Crippen LogP) is 2.19. The van der Waals surface area contributed by atoms with Crippen LogP contribution in [0.3, 0.4) is 0 Å². The summed E-state index contributed by atoms with van der Waals surface area (Å²) in [4.78, 5) is 24.5. The molecule has 1 fully saturated rings. The Bertz CT molecular complexity index is 1430. The van der Waals surface area contributed by atoms with E-state index in [0.29, 0.717) is 37.0 Å². The molecule has 202 valence electrons. The van der Waals surface area contributed by atoms with Crippen LogP contribution in [0.25, 0.3) is 11.4 Å². The lowest BCUT2D eigenvalue weighted by Gasteiger charge is -2.31. The normalized spacial score (nSPS) is 16.4. The Hall–Kier alpha value is -3.35. The maximum absolute atomic E-state index is 13.0. The van der Waals surface area contributed by atoms with Gasteiger partial charge in [-0.15, -0.1) is 0 Å². The summed E-state index contributed by atoms with van der Waals surface area (Å²) < 4.78 is 29.3. The molecule has 1 saturated heterocycles.